The normalized spacial score (nSPS) is 17.3. The lowest BCUT2D eigenvalue weighted by Crippen LogP contribution is -2.35. The zero-order chi connectivity index (χ0) is 20.8. The minimum Gasteiger partial charge on any atom is -0.462 e. The molecule has 1 aromatic carbocycles. The number of carbonyl (C=O) groups excluding carboxylic acids is 1. The molecule has 2 aliphatic rings. The second kappa shape index (κ2) is 7.86. The van der Waals surface area contributed by atoms with Gasteiger partial charge in [-0.05, 0) is 65.1 Å². The summed E-state index contributed by atoms with van der Waals surface area (Å²) in [6, 6.07) is 5.00. The SMILES string of the molecule is CCOC(=O)c1c(Nc2ccc(I)cc2F)sc2c1CC(C)(C)CN1CCN=C21. The molecule has 0 fully saturated rings. The minimum absolute atomic E-state index is 0.0238. The number of hydrogen-bond donors (Lipinski definition) is 1. The molecule has 0 spiro atoms. The number of ether oxygens (including phenoxy) is 1. The van der Waals surface area contributed by atoms with E-state index < -0.39 is 0 Å². The summed E-state index contributed by atoms with van der Waals surface area (Å²) in [5.41, 5.74) is 1.78. The van der Waals surface area contributed by atoms with Crippen molar-refractivity contribution in [1.29, 1.82) is 0 Å². The first kappa shape index (κ1) is 20.6. The van der Waals surface area contributed by atoms with Crippen LogP contribution in [0, 0.1) is 14.8 Å². The highest BCUT2D eigenvalue weighted by molar-refractivity contribution is 14.1. The molecule has 0 bridgehead atoms. The highest BCUT2D eigenvalue weighted by atomic mass is 127. The molecule has 2 aromatic rings. The van der Waals surface area contributed by atoms with E-state index in [-0.39, 0.29) is 23.8 Å². The van der Waals surface area contributed by atoms with Crippen molar-refractivity contribution in [3.8, 4) is 0 Å². The van der Waals surface area contributed by atoms with Gasteiger partial charge in [-0.3, -0.25) is 4.99 Å². The van der Waals surface area contributed by atoms with Crippen molar-refractivity contribution in [2.24, 2.45) is 10.4 Å². The number of aliphatic imine (C=N–C) groups is 1. The second-order valence-corrected chi connectivity index (χ2v) is 10.3. The van der Waals surface area contributed by atoms with Gasteiger partial charge in [-0.15, -0.1) is 11.3 Å². The molecule has 4 rings (SSSR count). The van der Waals surface area contributed by atoms with Gasteiger partial charge in [0.15, 0.2) is 0 Å². The highest BCUT2D eigenvalue weighted by Gasteiger charge is 2.38. The molecular formula is C21H23FIN3O2S. The summed E-state index contributed by atoms with van der Waals surface area (Å²) in [6.45, 7) is 9.03. The fourth-order valence-electron chi connectivity index (χ4n) is 3.94. The molecule has 5 nitrogen and oxygen atoms in total. The zero-order valence-electron chi connectivity index (χ0n) is 16.6. The second-order valence-electron chi connectivity index (χ2n) is 8.05. The third-order valence-corrected chi connectivity index (χ3v) is 6.89. The summed E-state index contributed by atoms with van der Waals surface area (Å²) >= 11 is 3.54. The molecule has 8 heteroatoms. The molecule has 0 atom stereocenters. The molecule has 1 aromatic heterocycles. The monoisotopic (exact) mass is 527 g/mol. The Morgan fingerprint density at radius 3 is 2.97 bits per heavy atom. The van der Waals surface area contributed by atoms with Crippen LogP contribution in [0.25, 0.3) is 0 Å². The number of benzene rings is 1. The van der Waals surface area contributed by atoms with E-state index in [1.54, 1.807) is 13.0 Å². The standard InChI is InChI=1S/C21H23FIN3O2S/c1-4-28-20(27)16-13-10-21(2,3)11-26-8-7-24-18(26)17(13)29-19(16)25-15-6-5-12(23)9-14(15)22/h5-6,9,25H,4,7-8,10-11H2,1-3H3. The number of nitrogens with one attached hydrogen (secondary N) is 1. The van der Waals surface area contributed by atoms with Crippen LogP contribution in [0.4, 0.5) is 15.1 Å². The third kappa shape index (κ3) is 4.01. The van der Waals surface area contributed by atoms with Crippen molar-refractivity contribution >= 4 is 56.4 Å². The third-order valence-electron chi connectivity index (χ3n) is 5.07. The number of hydrogen-bond acceptors (Lipinski definition) is 6. The first-order valence-corrected chi connectivity index (χ1v) is 11.5. The van der Waals surface area contributed by atoms with Crippen molar-refractivity contribution in [3.05, 3.63) is 43.6 Å². The van der Waals surface area contributed by atoms with Gasteiger partial charge >= 0.3 is 5.97 Å². The summed E-state index contributed by atoms with van der Waals surface area (Å²) in [5.74, 6) is 0.217. The van der Waals surface area contributed by atoms with Gasteiger partial charge in [-0.1, -0.05) is 13.8 Å². The van der Waals surface area contributed by atoms with Crippen LogP contribution >= 0.6 is 33.9 Å². The van der Waals surface area contributed by atoms with Gasteiger partial charge < -0.3 is 15.0 Å². The summed E-state index contributed by atoms with van der Waals surface area (Å²) < 4.78 is 20.7. The Morgan fingerprint density at radius 1 is 1.45 bits per heavy atom. The van der Waals surface area contributed by atoms with Crippen molar-refractivity contribution in [3.63, 3.8) is 0 Å². The molecular weight excluding hydrogens is 504 g/mol. The van der Waals surface area contributed by atoms with Gasteiger partial charge in [0.05, 0.1) is 29.3 Å². The molecule has 0 radical (unpaired) electrons. The highest BCUT2D eigenvalue weighted by Crippen LogP contribution is 2.43. The first-order chi connectivity index (χ1) is 13.8. The minimum atomic E-state index is -0.374. The number of halogens is 2. The van der Waals surface area contributed by atoms with Crippen LogP contribution in [0.1, 0.15) is 41.6 Å². The summed E-state index contributed by atoms with van der Waals surface area (Å²) in [4.78, 5) is 20.9. The van der Waals surface area contributed by atoms with E-state index >= 15 is 0 Å². The van der Waals surface area contributed by atoms with Gasteiger partial charge in [-0.25, -0.2) is 9.18 Å². The van der Waals surface area contributed by atoms with Gasteiger partial charge in [-0.2, -0.15) is 0 Å². The number of nitrogens with zero attached hydrogens (tertiary/aromatic N) is 2. The number of fused-ring (bicyclic) bond motifs is 3. The van der Waals surface area contributed by atoms with Gasteiger partial charge in [0.2, 0.25) is 0 Å². The Labute approximate surface area is 187 Å². The van der Waals surface area contributed by atoms with Gasteiger partial charge in [0, 0.05) is 16.7 Å². The maximum Gasteiger partial charge on any atom is 0.341 e. The van der Waals surface area contributed by atoms with Crippen LogP contribution in [0.15, 0.2) is 23.2 Å². The van der Waals surface area contributed by atoms with E-state index in [0.29, 0.717) is 16.3 Å². The quantitative estimate of drug-likeness (QED) is 0.447. The van der Waals surface area contributed by atoms with Crippen LogP contribution in [-0.4, -0.2) is 42.9 Å². The lowest BCUT2D eigenvalue weighted by molar-refractivity contribution is 0.0526. The van der Waals surface area contributed by atoms with Crippen molar-refractivity contribution in [2.75, 3.05) is 31.6 Å². The Hall–Kier alpha value is -1.68. The van der Waals surface area contributed by atoms with Crippen molar-refractivity contribution in [2.45, 2.75) is 27.2 Å². The fraction of sp³-hybridized carbons (Fsp3) is 0.429. The van der Waals surface area contributed by atoms with E-state index in [4.69, 9.17) is 9.73 Å². The molecule has 0 unspecified atom stereocenters. The molecule has 0 saturated heterocycles. The van der Waals surface area contributed by atoms with Crippen LogP contribution in [0.3, 0.4) is 0 Å². The molecule has 1 N–H and O–H groups in total. The lowest BCUT2D eigenvalue weighted by Gasteiger charge is -2.28. The Balaban J connectivity index is 1.86. The average molecular weight is 527 g/mol. The maximum atomic E-state index is 14.5. The Morgan fingerprint density at radius 2 is 2.24 bits per heavy atom. The average Bonchev–Trinajstić information content (AvgIpc) is 3.18. The predicted octanol–water partition coefficient (Wildman–Crippen LogP) is 5.06. The van der Waals surface area contributed by atoms with E-state index in [0.717, 1.165) is 45.9 Å². The summed E-state index contributed by atoms with van der Waals surface area (Å²) in [5, 5.41) is 3.77. The van der Waals surface area contributed by atoms with Crippen LogP contribution in [-0.2, 0) is 11.2 Å². The van der Waals surface area contributed by atoms with Crippen molar-refractivity contribution < 1.29 is 13.9 Å². The Bertz CT molecular complexity index is 1000. The first-order valence-electron chi connectivity index (χ1n) is 9.63. The number of rotatable bonds is 4. The van der Waals surface area contributed by atoms with Gasteiger partial charge in [0.1, 0.15) is 16.7 Å². The Kier molecular flexibility index (Phi) is 5.58. The van der Waals surface area contributed by atoms with Gasteiger partial charge in [0.25, 0.3) is 0 Å². The van der Waals surface area contributed by atoms with Crippen LogP contribution in [0.2, 0.25) is 0 Å². The summed E-state index contributed by atoms with van der Waals surface area (Å²) in [7, 11) is 0. The number of thiophene rings is 1. The number of carbonyl (C=O) groups is 1. The molecule has 2 aliphatic heterocycles. The number of amidine groups is 1. The number of esters is 1. The largest absolute Gasteiger partial charge is 0.462 e. The molecule has 154 valence electrons. The molecule has 3 heterocycles. The lowest BCUT2D eigenvalue weighted by atomic mass is 9.85. The molecule has 0 aliphatic carbocycles. The van der Waals surface area contributed by atoms with E-state index in [1.165, 1.54) is 17.4 Å². The zero-order valence-corrected chi connectivity index (χ0v) is 19.6. The topological polar surface area (TPSA) is 53.9 Å². The van der Waals surface area contributed by atoms with Crippen LogP contribution < -0.4 is 5.32 Å². The predicted molar refractivity (Wildman–Crippen MR) is 123 cm³/mol. The smallest absolute Gasteiger partial charge is 0.341 e. The van der Waals surface area contributed by atoms with E-state index in [2.05, 4.69) is 46.7 Å². The van der Waals surface area contributed by atoms with E-state index in [9.17, 15) is 9.18 Å². The molecule has 0 saturated carbocycles. The van der Waals surface area contributed by atoms with Crippen LogP contribution in [0.5, 0.6) is 0 Å². The molecule has 29 heavy (non-hydrogen) atoms. The van der Waals surface area contributed by atoms with E-state index in [1.807, 2.05) is 6.07 Å². The summed E-state index contributed by atoms with van der Waals surface area (Å²) in [6.07, 6.45) is 0.735. The fourth-order valence-corrected chi connectivity index (χ4v) is 5.65. The van der Waals surface area contributed by atoms with Crippen molar-refractivity contribution in [1.82, 2.24) is 4.90 Å². The molecule has 0 amide bonds. The number of anilines is 2. The maximum absolute atomic E-state index is 14.5.